The lowest BCUT2D eigenvalue weighted by Crippen LogP contribution is -2.57. The van der Waals surface area contributed by atoms with Crippen molar-refractivity contribution in [3.8, 4) is 0 Å². The third kappa shape index (κ3) is 4.48. The van der Waals surface area contributed by atoms with Gasteiger partial charge in [0.1, 0.15) is 5.76 Å². The van der Waals surface area contributed by atoms with Crippen molar-refractivity contribution in [3.63, 3.8) is 0 Å². The molecular formula is C19H32N4O3S. The second-order valence-corrected chi connectivity index (χ2v) is 10.8. The van der Waals surface area contributed by atoms with Crippen LogP contribution in [-0.4, -0.2) is 74.4 Å². The molecule has 0 spiro atoms. The molecule has 0 aromatic carbocycles. The number of guanidine groups is 1. The molecule has 2 fully saturated rings. The molecule has 3 rings (SSSR count). The highest BCUT2D eigenvalue weighted by molar-refractivity contribution is 7.92. The summed E-state index contributed by atoms with van der Waals surface area (Å²) in [5.41, 5.74) is 0. The van der Waals surface area contributed by atoms with Crippen LogP contribution in [0.15, 0.2) is 27.8 Å². The third-order valence-corrected chi connectivity index (χ3v) is 8.24. The first kappa shape index (κ1) is 20.2. The second-order valence-electron chi connectivity index (χ2n) is 8.06. The van der Waals surface area contributed by atoms with Crippen LogP contribution in [0, 0.1) is 0 Å². The highest BCUT2D eigenvalue weighted by atomic mass is 32.2. The van der Waals surface area contributed by atoms with Gasteiger partial charge in [0.25, 0.3) is 0 Å². The van der Waals surface area contributed by atoms with Crippen molar-refractivity contribution >= 4 is 15.8 Å². The van der Waals surface area contributed by atoms with Gasteiger partial charge in [-0.3, -0.25) is 9.89 Å². The lowest BCUT2D eigenvalue weighted by molar-refractivity contribution is 0.145. The van der Waals surface area contributed by atoms with Crippen molar-refractivity contribution < 1.29 is 12.8 Å². The number of rotatable bonds is 4. The molecule has 2 aliphatic rings. The maximum Gasteiger partial charge on any atom is 0.193 e. The molecule has 0 bridgehead atoms. The smallest absolute Gasteiger partial charge is 0.193 e. The zero-order valence-electron chi connectivity index (χ0n) is 16.6. The number of hydrogen-bond acceptors (Lipinski definition) is 5. The Kier molecular flexibility index (Phi) is 6.15. The normalized spacial score (nSPS) is 24.6. The number of hydrogen-bond donors (Lipinski definition) is 1. The summed E-state index contributed by atoms with van der Waals surface area (Å²) < 4.78 is 29.5. The van der Waals surface area contributed by atoms with Crippen LogP contribution in [0.5, 0.6) is 0 Å². The summed E-state index contributed by atoms with van der Waals surface area (Å²) >= 11 is 0. The molecule has 2 saturated heterocycles. The van der Waals surface area contributed by atoms with E-state index < -0.39 is 14.6 Å². The van der Waals surface area contributed by atoms with Gasteiger partial charge in [-0.15, -0.1) is 0 Å². The number of furan rings is 1. The summed E-state index contributed by atoms with van der Waals surface area (Å²) in [6, 6.07) is 4.11. The molecule has 8 heteroatoms. The van der Waals surface area contributed by atoms with E-state index in [1.165, 1.54) is 19.3 Å². The van der Waals surface area contributed by atoms with Crippen molar-refractivity contribution in [1.29, 1.82) is 0 Å². The van der Waals surface area contributed by atoms with Gasteiger partial charge in [-0.2, -0.15) is 0 Å². The monoisotopic (exact) mass is 396 g/mol. The first-order chi connectivity index (χ1) is 12.8. The van der Waals surface area contributed by atoms with Crippen molar-refractivity contribution in [3.05, 3.63) is 24.2 Å². The van der Waals surface area contributed by atoms with Crippen LogP contribution < -0.4 is 5.32 Å². The summed E-state index contributed by atoms with van der Waals surface area (Å²) in [6.07, 6.45) is 5.43. The summed E-state index contributed by atoms with van der Waals surface area (Å²) in [6.45, 7) is 7.33. The molecular weight excluding hydrogens is 364 g/mol. The van der Waals surface area contributed by atoms with Crippen molar-refractivity contribution in [2.24, 2.45) is 4.99 Å². The molecule has 1 unspecified atom stereocenters. The fourth-order valence-corrected chi connectivity index (χ4v) is 5.33. The largest absolute Gasteiger partial charge is 0.468 e. The number of likely N-dealkylation sites (tertiary alicyclic amines) is 1. The maximum absolute atomic E-state index is 12.3. The predicted molar refractivity (Wildman–Crippen MR) is 108 cm³/mol. The molecule has 0 aliphatic carbocycles. The van der Waals surface area contributed by atoms with Gasteiger partial charge in [-0.05, 0) is 51.9 Å². The number of nitrogens with one attached hydrogen (secondary N) is 1. The van der Waals surface area contributed by atoms with Crippen LogP contribution in [-0.2, 0) is 9.84 Å². The standard InChI is InChI=1S/C19H32N4O3S/c1-19(2)15-23(11-13-27(19,24)25)18(20-3)21-14-16(17-8-7-12-26-17)22-9-5-4-6-10-22/h7-8,12,16H,4-6,9-11,13-15H2,1-3H3,(H,20,21). The molecule has 1 aromatic rings. The van der Waals surface area contributed by atoms with E-state index in [0.29, 0.717) is 19.6 Å². The molecule has 27 heavy (non-hydrogen) atoms. The van der Waals surface area contributed by atoms with Crippen molar-refractivity contribution in [2.75, 3.05) is 45.5 Å². The molecule has 1 atom stereocenters. The Hall–Kier alpha value is -1.54. The Morgan fingerprint density at radius 1 is 1.30 bits per heavy atom. The lowest BCUT2D eigenvalue weighted by Gasteiger charge is -2.40. The quantitative estimate of drug-likeness (QED) is 0.619. The summed E-state index contributed by atoms with van der Waals surface area (Å²) in [5, 5.41) is 3.47. The summed E-state index contributed by atoms with van der Waals surface area (Å²) in [4.78, 5) is 8.93. The Morgan fingerprint density at radius 3 is 2.63 bits per heavy atom. The average molecular weight is 397 g/mol. The van der Waals surface area contributed by atoms with E-state index in [-0.39, 0.29) is 11.8 Å². The van der Waals surface area contributed by atoms with E-state index in [4.69, 9.17) is 4.42 Å². The molecule has 3 heterocycles. The molecule has 0 amide bonds. The van der Waals surface area contributed by atoms with E-state index in [1.54, 1.807) is 27.2 Å². The number of sulfone groups is 1. The first-order valence-electron chi connectivity index (χ1n) is 9.79. The highest BCUT2D eigenvalue weighted by Gasteiger charge is 2.41. The molecule has 0 radical (unpaired) electrons. The van der Waals surface area contributed by atoms with Crippen LogP contribution in [0.25, 0.3) is 0 Å². The van der Waals surface area contributed by atoms with Gasteiger partial charge < -0.3 is 14.6 Å². The van der Waals surface area contributed by atoms with Gasteiger partial charge in [0.2, 0.25) is 0 Å². The van der Waals surface area contributed by atoms with Gasteiger partial charge in [0.05, 0.1) is 22.8 Å². The molecule has 2 aliphatic heterocycles. The number of nitrogens with zero attached hydrogens (tertiary/aromatic N) is 3. The maximum atomic E-state index is 12.3. The van der Waals surface area contributed by atoms with Crippen molar-refractivity contribution in [1.82, 2.24) is 15.1 Å². The number of piperidine rings is 1. The van der Waals surface area contributed by atoms with E-state index >= 15 is 0 Å². The number of aliphatic imine (C=N–C) groups is 1. The SMILES string of the molecule is CN=C(NCC(c1ccco1)N1CCCCC1)N1CCS(=O)(=O)C(C)(C)C1. The molecule has 1 N–H and O–H groups in total. The first-order valence-corrected chi connectivity index (χ1v) is 11.4. The van der Waals surface area contributed by atoms with E-state index in [0.717, 1.165) is 24.8 Å². The van der Waals surface area contributed by atoms with Crippen LogP contribution in [0.3, 0.4) is 0 Å². The fraction of sp³-hybridized carbons (Fsp3) is 0.737. The van der Waals surface area contributed by atoms with Crippen LogP contribution >= 0.6 is 0 Å². The minimum Gasteiger partial charge on any atom is -0.468 e. The Balaban J connectivity index is 1.68. The predicted octanol–water partition coefficient (Wildman–Crippen LogP) is 1.89. The van der Waals surface area contributed by atoms with Crippen LogP contribution in [0.2, 0.25) is 0 Å². The molecule has 0 saturated carbocycles. The average Bonchev–Trinajstić information content (AvgIpc) is 3.16. The van der Waals surface area contributed by atoms with Gasteiger partial charge in [0.15, 0.2) is 15.8 Å². The molecule has 152 valence electrons. The Bertz CT molecular complexity index is 737. The zero-order valence-corrected chi connectivity index (χ0v) is 17.5. The molecule has 7 nitrogen and oxygen atoms in total. The summed E-state index contributed by atoms with van der Waals surface area (Å²) in [5.74, 6) is 1.88. The lowest BCUT2D eigenvalue weighted by atomic mass is 10.1. The second kappa shape index (κ2) is 8.22. The minimum atomic E-state index is -3.07. The van der Waals surface area contributed by atoms with E-state index in [2.05, 4.69) is 20.1 Å². The van der Waals surface area contributed by atoms with Gasteiger partial charge >= 0.3 is 0 Å². The topological polar surface area (TPSA) is 78.2 Å². The molecule has 1 aromatic heterocycles. The Labute approximate surface area is 162 Å². The van der Waals surface area contributed by atoms with Crippen LogP contribution in [0.4, 0.5) is 0 Å². The highest BCUT2D eigenvalue weighted by Crippen LogP contribution is 2.26. The van der Waals surface area contributed by atoms with Crippen molar-refractivity contribution in [2.45, 2.75) is 43.9 Å². The van der Waals surface area contributed by atoms with Gasteiger partial charge in [-0.1, -0.05) is 6.42 Å². The van der Waals surface area contributed by atoms with Crippen LogP contribution in [0.1, 0.15) is 44.9 Å². The van der Waals surface area contributed by atoms with Gasteiger partial charge in [0, 0.05) is 26.7 Å². The zero-order chi connectivity index (χ0) is 19.5. The van der Waals surface area contributed by atoms with E-state index in [9.17, 15) is 8.42 Å². The third-order valence-electron chi connectivity index (χ3n) is 5.71. The van der Waals surface area contributed by atoms with Gasteiger partial charge in [-0.25, -0.2) is 8.42 Å². The fourth-order valence-electron chi connectivity index (χ4n) is 3.97. The van der Waals surface area contributed by atoms with E-state index in [1.807, 2.05) is 12.1 Å². The Morgan fingerprint density at radius 2 is 2.04 bits per heavy atom. The summed E-state index contributed by atoms with van der Waals surface area (Å²) in [7, 11) is -1.32. The minimum absolute atomic E-state index is 0.151.